The van der Waals surface area contributed by atoms with Crippen LogP contribution in [-0.2, 0) is 0 Å². The Bertz CT molecular complexity index is 412. The Balaban J connectivity index is 2.98. The van der Waals surface area contributed by atoms with Gasteiger partial charge >= 0.3 is 0 Å². The molecule has 3 heteroatoms. The average Bonchev–Trinajstić information content (AvgIpc) is 2.38. The lowest BCUT2D eigenvalue weighted by Gasteiger charge is -2.40. The van der Waals surface area contributed by atoms with Crippen molar-refractivity contribution < 1.29 is 4.74 Å². The molecule has 20 heavy (non-hydrogen) atoms. The van der Waals surface area contributed by atoms with Crippen LogP contribution in [-0.4, -0.2) is 31.1 Å². The Morgan fingerprint density at radius 3 is 2.45 bits per heavy atom. The first kappa shape index (κ1) is 17.0. The fourth-order valence-corrected chi connectivity index (χ4v) is 2.40. The third kappa shape index (κ3) is 4.22. The summed E-state index contributed by atoms with van der Waals surface area (Å²) in [4.78, 5) is 2.37. The molecule has 0 radical (unpaired) electrons. The Labute approximate surface area is 124 Å². The number of likely N-dealkylation sites (N-methyl/N-ethyl adjacent to an activating group) is 1. The molecule has 1 aromatic carbocycles. The highest BCUT2D eigenvalue weighted by atomic mass is 16.5. The maximum Gasteiger partial charge on any atom is 0.119 e. The molecule has 1 rings (SSSR count). The smallest absolute Gasteiger partial charge is 0.119 e. The van der Waals surface area contributed by atoms with Crippen LogP contribution < -0.4 is 10.5 Å². The quantitative estimate of drug-likeness (QED) is 0.866. The number of benzene rings is 1. The van der Waals surface area contributed by atoms with Crippen LogP contribution in [0.15, 0.2) is 24.3 Å². The Hall–Kier alpha value is -1.06. The highest BCUT2D eigenvalue weighted by Crippen LogP contribution is 2.30. The van der Waals surface area contributed by atoms with Crippen LogP contribution in [0.2, 0.25) is 0 Å². The maximum absolute atomic E-state index is 6.03. The summed E-state index contributed by atoms with van der Waals surface area (Å²) in [5.41, 5.74) is 7.47. The molecule has 3 nitrogen and oxygen atoms in total. The summed E-state index contributed by atoms with van der Waals surface area (Å²) >= 11 is 0. The molecule has 0 amide bonds. The molecule has 0 aromatic heterocycles. The minimum Gasteiger partial charge on any atom is -0.494 e. The van der Waals surface area contributed by atoms with Gasteiger partial charge in [-0.3, -0.25) is 4.90 Å². The molecule has 0 saturated heterocycles. The fourth-order valence-electron chi connectivity index (χ4n) is 2.40. The lowest BCUT2D eigenvalue weighted by atomic mass is 9.86. The van der Waals surface area contributed by atoms with Crippen molar-refractivity contribution in [3.8, 4) is 5.75 Å². The zero-order valence-electron chi connectivity index (χ0n) is 13.8. The molecule has 0 spiro atoms. The third-order valence-electron chi connectivity index (χ3n) is 4.13. The SMILES string of the molecule is CCOc1cccc(C(CN)N(C)C(C)C(C)(C)C)c1. The van der Waals surface area contributed by atoms with Crippen molar-refractivity contribution >= 4 is 0 Å². The van der Waals surface area contributed by atoms with E-state index in [1.807, 2.05) is 19.1 Å². The van der Waals surface area contributed by atoms with Gasteiger partial charge in [-0.05, 0) is 44.0 Å². The number of hydrogen-bond donors (Lipinski definition) is 1. The van der Waals surface area contributed by atoms with E-state index in [4.69, 9.17) is 10.5 Å². The van der Waals surface area contributed by atoms with Crippen LogP contribution in [0.3, 0.4) is 0 Å². The van der Waals surface area contributed by atoms with Crippen molar-refractivity contribution in [2.75, 3.05) is 20.2 Å². The van der Waals surface area contributed by atoms with E-state index < -0.39 is 0 Å². The predicted octanol–water partition coefficient (Wildman–Crippen LogP) is 3.45. The Morgan fingerprint density at radius 1 is 1.30 bits per heavy atom. The van der Waals surface area contributed by atoms with Crippen molar-refractivity contribution in [2.45, 2.75) is 46.7 Å². The molecule has 2 atom stereocenters. The van der Waals surface area contributed by atoms with E-state index in [2.05, 4.69) is 51.8 Å². The Kier molecular flexibility index (Phi) is 6.03. The third-order valence-corrected chi connectivity index (χ3v) is 4.13. The van der Waals surface area contributed by atoms with Crippen molar-refractivity contribution in [2.24, 2.45) is 11.1 Å². The number of hydrogen-bond acceptors (Lipinski definition) is 3. The van der Waals surface area contributed by atoms with E-state index in [1.165, 1.54) is 5.56 Å². The van der Waals surface area contributed by atoms with E-state index in [9.17, 15) is 0 Å². The molecule has 0 fully saturated rings. The summed E-state index contributed by atoms with van der Waals surface area (Å²) in [6.45, 7) is 12.3. The second-order valence-electron chi connectivity index (χ2n) is 6.46. The maximum atomic E-state index is 6.03. The molecule has 2 N–H and O–H groups in total. The zero-order chi connectivity index (χ0) is 15.3. The fraction of sp³-hybridized carbons (Fsp3) is 0.647. The second-order valence-corrected chi connectivity index (χ2v) is 6.46. The summed E-state index contributed by atoms with van der Waals surface area (Å²) in [5, 5.41) is 0. The number of nitrogens with zero attached hydrogens (tertiary/aromatic N) is 1. The van der Waals surface area contributed by atoms with Gasteiger partial charge in [0, 0.05) is 18.6 Å². The van der Waals surface area contributed by atoms with Crippen LogP contribution in [0.5, 0.6) is 5.75 Å². The predicted molar refractivity (Wildman–Crippen MR) is 86.1 cm³/mol. The van der Waals surface area contributed by atoms with Crippen molar-refractivity contribution in [1.82, 2.24) is 4.90 Å². The van der Waals surface area contributed by atoms with E-state index in [-0.39, 0.29) is 11.5 Å². The Morgan fingerprint density at radius 2 is 1.95 bits per heavy atom. The minimum atomic E-state index is 0.213. The van der Waals surface area contributed by atoms with Gasteiger partial charge < -0.3 is 10.5 Å². The summed E-state index contributed by atoms with van der Waals surface area (Å²) < 4.78 is 5.59. The lowest BCUT2D eigenvalue weighted by molar-refractivity contribution is 0.1000. The summed E-state index contributed by atoms with van der Waals surface area (Å²) in [6, 6.07) is 8.92. The molecule has 0 saturated carbocycles. The molecular weight excluding hydrogens is 248 g/mol. The van der Waals surface area contributed by atoms with Gasteiger partial charge in [0.25, 0.3) is 0 Å². The molecule has 114 valence electrons. The monoisotopic (exact) mass is 278 g/mol. The first-order chi connectivity index (χ1) is 9.31. The van der Waals surface area contributed by atoms with E-state index in [0.29, 0.717) is 19.2 Å². The second kappa shape index (κ2) is 7.09. The number of ether oxygens (including phenoxy) is 1. The van der Waals surface area contributed by atoms with Crippen LogP contribution >= 0.6 is 0 Å². The van der Waals surface area contributed by atoms with Gasteiger partial charge in [-0.25, -0.2) is 0 Å². The van der Waals surface area contributed by atoms with E-state index in [0.717, 1.165) is 5.75 Å². The van der Waals surface area contributed by atoms with Crippen LogP contribution in [0.4, 0.5) is 0 Å². The largest absolute Gasteiger partial charge is 0.494 e. The van der Waals surface area contributed by atoms with Gasteiger partial charge in [0.2, 0.25) is 0 Å². The molecule has 1 aromatic rings. The molecule has 0 aliphatic carbocycles. The van der Waals surface area contributed by atoms with Gasteiger partial charge in [-0.2, -0.15) is 0 Å². The molecular formula is C17H30N2O. The summed E-state index contributed by atoms with van der Waals surface area (Å²) in [5.74, 6) is 0.917. The van der Waals surface area contributed by atoms with E-state index >= 15 is 0 Å². The molecule has 0 heterocycles. The van der Waals surface area contributed by atoms with Crippen LogP contribution in [0, 0.1) is 5.41 Å². The summed E-state index contributed by atoms with van der Waals surface area (Å²) in [6.07, 6.45) is 0. The van der Waals surface area contributed by atoms with Gasteiger partial charge in [0.15, 0.2) is 0 Å². The molecule has 0 aliphatic heterocycles. The van der Waals surface area contributed by atoms with Crippen molar-refractivity contribution in [1.29, 1.82) is 0 Å². The first-order valence-electron chi connectivity index (χ1n) is 7.46. The number of nitrogens with two attached hydrogens (primary N) is 1. The van der Waals surface area contributed by atoms with Gasteiger partial charge in [0.1, 0.15) is 5.75 Å². The van der Waals surface area contributed by atoms with Gasteiger partial charge in [-0.1, -0.05) is 32.9 Å². The van der Waals surface area contributed by atoms with Crippen molar-refractivity contribution in [3.63, 3.8) is 0 Å². The number of rotatable bonds is 6. The van der Waals surface area contributed by atoms with Gasteiger partial charge in [-0.15, -0.1) is 0 Å². The zero-order valence-corrected chi connectivity index (χ0v) is 13.8. The summed E-state index contributed by atoms with van der Waals surface area (Å²) in [7, 11) is 2.15. The normalized spacial score (nSPS) is 15.2. The standard InChI is InChI=1S/C17H30N2O/c1-7-20-15-10-8-9-14(11-15)16(12-18)19(6)13(2)17(3,4)5/h8-11,13,16H,7,12,18H2,1-6H3. The first-order valence-corrected chi connectivity index (χ1v) is 7.46. The lowest BCUT2D eigenvalue weighted by Crippen LogP contribution is -2.43. The van der Waals surface area contributed by atoms with Gasteiger partial charge in [0.05, 0.1) is 6.61 Å². The van der Waals surface area contributed by atoms with Crippen LogP contribution in [0.1, 0.15) is 46.2 Å². The van der Waals surface area contributed by atoms with Crippen LogP contribution in [0.25, 0.3) is 0 Å². The molecule has 0 bridgehead atoms. The van der Waals surface area contributed by atoms with E-state index in [1.54, 1.807) is 0 Å². The topological polar surface area (TPSA) is 38.5 Å². The highest BCUT2D eigenvalue weighted by molar-refractivity contribution is 5.31. The molecule has 2 unspecified atom stereocenters. The average molecular weight is 278 g/mol. The highest BCUT2D eigenvalue weighted by Gasteiger charge is 2.28. The van der Waals surface area contributed by atoms with Crippen molar-refractivity contribution in [3.05, 3.63) is 29.8 Å². The molecule has 0 aliphatic rings. The minimum absolute atomic E-state index is 0.213.